The zero-order valence-corrected chi connectivity index (χ0v) is 16.3. The molecule has 3 N–H and O–H groups in total. The molecule has 0 radical (unpaired) electrons. The lowest BCUT2D eigenvalue weighted by Gasteiger charge is -2.51. The molecule has 7 heteroatoms. The Morgan fingerprint density at radius 3 is 2.64 bits per heavy atom. The molecule has 1 aromatic rings. The number of nitrogens with zero attached hydrogens (tertiary/aromatic N) is 1. The van der Waals surface area contributed by atoms with E-state index in [0.29, 0.717) is 6.42 Å². The SMILES string of the molecule is O=C(CNC1CCC(=O)NC12CCC2)Nc1ccc(CN2CCOCC2)cc1. The van der Waals surface area contributed by atoms with Crippen molar-refractivity contribution in [1.82, 2.24) is 15.5 Å². The molecule has 7 nitrogen and oxygen atoms in total. The highest BCUT2D eigenvalue weighted by Gasteiger charge is 2.47. The predicted octanol–water partition coefficient (Wildman–Crippen LogP) is 1.25. The summed E-state index contributed by atoms with van der Waals surface area (Å²) in [6.07, 6.45) is 4.48. The molecule has 3 aliphatic rings. The fourth-order valence-corrected chi connectivity index (χ4v) is 4.44. The first-order valence-electron chi connectivity index (χ1n) is 10.4. The number of piperidine rings is 1. The van der Waals surface area contributed by atoms with Crippen LogP contribution < -0.4 is 16.0 Å². The molecule has 3 fully saturated rings. The van der Waals surface area contributed by atoms with Crippen LogP contribution in [0.3, 0.4) is 0 Å². The van der Waals surface area contributed by atoms with Gasteiger partial charge in [0.1, 0.15) is 0 Å². The maximum absolute atomic E-state index is 12.4. The Morgan fingerprint density at radius 1 is 1.21 bits per heavy atom. The van der Waals surface area contributed by atoms with Crippen LogP contribution in [0.15, 0.2) is 24.3 Å². The monoisotopic (exact) mass is 386 g/mol. The van der Waals surface area contributed by atoms with E-state index in [0.717, 1.165) is 64.2 Å². The molecular formula is C21H30N4O3. The van der Waals surface area contributed by atoms with Crippen LogP contribution in [0.2, 0.25) is 0 Å². The van der Waals surface area contributed by atoms with Crippen LogP contribution in [-0.4, -0.2) is 61.1 Å². The average molecular weight is 386 g/mol. The Labute approximate surface area is 166 Å². The summed E-state index contributed by atoms with van der Waals surface area (Å²) in [4.78, 5) is 26.5. The van der Waals surface area contributed by atoms with E-state index in [9.17, 15) is 9.59 Å². The van der Waals surface area contributed by atoms with Crippen molar-refractivity contribution in [3.05, 3.63) is 29.8 Å². The number of nitrogens with one attached hydrogen (secondary N) is 3. The lowest BCUT2D eigenvalue weighted by molar-refractivity contribution is -0.128. The molecule has 2 saturated heterocycles. The quantitative estimate of drug-likeness (QED) is 0.685. The van der Waals surface area contributed by atoms with E-state index in [1.807, 2.05) is 12.1 Å². The zero-order chi connectivity index (χ0) is 19.4. The zero-order valence-electron chi connectivity index (χ0n) is 16.3. The van der Waals surface area contributed by atoms with Crippen molar-refractivity contribution in [2.45, 2.75) is 50.2 Å². The van der Waals surface area contributed by atoms with E-state index in [1.54, 1.807) is 0 Å². The second-order valence-electron chi connectivity index (χ2n) is 8.16. The van der Waals surface area contributed by atoms with Gasteiger partial charge in [0.15, 0.2) is 0 Å². The molecule has 1 unspecified atom stereocenters. The third-order valence-electron chi connectivity index (χ3n) is 6.22. The first-order valence-corrected chi connectivity index (χ1v) is 10.4. The molecule has 4 rings (SSSR count). The first kappa shape index (κ1) is 19.4. The summed E-state index contributed by atoms with van der Waals surface area (Å²) in [5.74, 6) is 0.0895. The standard InChI is InChI=1S/C21H30N4O3/c26-19-7-6-18(21(24-19)8-1-9-21)22-14-20(27)23-17-4-2-16(3-5-17)15-25-10-12-28-13-11-25/h2-5,18,22H,1,6-15H2,(H,23,27)(H,24,26). The summed E-state index contributed by atoms with van der Waals surface area (Å²) in [5.41, 5.74) is 1.92. The first-order chi connectivity index (χ1) is 13.6. The van der Waals surface area contributed by atoms with Gasteiger partial charge < -0.3 is 20.7 Å². The van der Waals surface area contributed by atoms with E-state index in [4.69, 9.17) is 4.74 Å². The van der Waals surface area contributed by atoms with Crippen LogP contribution in [-0.2, 0) is 20.9 Å². The number of rotatable bonds is 6. The molecule has 1 spiro atoms. The molecule has 28 heavy (non-hydrogen) atoms. The van der Waals surface area contributed by atoms with Crippen LogP contribution in [0.1, 0.15) is 37.7 Å². The lowest BCUT2D eigenvalue weighted by atomic mass is 9.68. The Morgan fingerprint density at radius 2 is 1.96 bits per heavy atom. The molecule has 2 heterocycles. The van der Waals surface area contributed by atoms with Crippen molar-refractivity contribution >= 4 is 17.5 Å². The van der Waals surface area contributed by atoms with Crippen LogP contribution in [0.25, 0.3) is 0 Å². The van der Waals surface area contributed by atoms with Crippen molar-refractivity contribution in [1.29, 1.82) is 0 Å². The second-order valence-corrected chi connectivity index (χ2v) is 8.16. The molecule has 0 aromatic heterocycles. The molecule has 2 amide bonds. The van der Waals surface area contributed by atoms with Gasteiger partial charge in [0, 0.05) is 37.8 Å². The van der Waals surface area contributed by atoms with Gasteiger partial charge in [-0.2, -0.15) is 0 Å². The molecule has 1 aromatic carbocycles. The summed E-state index contributed by atoms with van der Waals surface area (Å²) in [7, 11) is 0. The highest BCUT2D eigenvalue weighted by Crippen LogP contribution is 2.38. The summed E-state index contributed by atoms with van der Waals surface area (Å²) < 4.78 is 5.38. The minimum absolute atomic E-state index is 0.0488. The number of ether oxygens (including phenoxy) is 1. The summed E-state index contributed by atoms with van der Waals surface area (Å²) in [6, 6.07) is 8.24. The van der Waals surface area contributed by atoms with Crippen molar-refractivity contribution in [3.63, 3.8) is 0 Å². The maximum Gasteiger partial charge on any atom is 0.238 e. The highest BCUT2D eigenvalue weighted by atomic mass is 16.5. The summed E-state index contributed by atoms with van der Waals surface area (Å²) >= 11 is 0. The largest absolute Gasteiger partial charge is 0.379 e. The van der Waals surface area contributed by atoms with E-state index in [-0.39, 0.29) is 29.9 Å². The minimum atomic E-state index is -0.128. The Bertz CT molecular complexity index is 696. The lowest BCUT2D eigenvalue weighted by Crippen LogP contribution is -2.68. The molecular weight excluding hydrogens is 356 g/mol. The molecule has 0 bridgehead atoms. The minimum Gasteiger partial charge on any atom is -0.379 e. The van der Waals surface area contributed by atoms with Gasteiger partial charge in [-0.25, -0.2) is 0 Å². The number of carbonyl (C=O) groups is 2. The normalized spacial score (nSPS) is 24.4. The third-order valence-corrected chi connectivity index (χ3v) is 6.22. The summed E-state index contributed by atoms with van der Waals surface area (Å²) in [5, 5.41) is 9.48. The van der Waals surface area contributed by atoms with Gasteiger partial charge in [0.05, 0.1) is 25.3 Å². The van der Waals surface area contributed by atoms with Gasteiger partial charge in [0.2, 0.25) is 11.8 Å². The van der Waals surface area contributed by atoms with Crippen molar-refractivity contribution in [3.8, 4) is 0 Å². The van der Waals surface area contributed by atoms with Gasteiger partial charge in [-0.3, -0.25) is 14.5 Å². The number of morpholine rings is 1. The topological polar surface area (TPSA) is 82.7 Å². The fraction of sp³-hybridized carbons (Fsp3) is 0.619. The van der Waals surface area contributed by atoms with Crippen LogP contribution >= 0.6 is 0 Å². The van der Waals surface area contributed by atoms with Crippen LogP contribution in [0.4, 0.5) is 5.69 Å². The maximum atomic E-state index is 12.4. The molecule has 1 saturated carbocycles. The van der Waals surface area contributed by atoms with Gasteiger partial charge >= 0.3 is 0 Å². The molecule has 1 aliphatic carbocycles. The number of benzene rings is 1. The van der Waals surface area contributed by atoms with Gasteiger partial charge in [0.25, 0.3) is 0 Å². The fourth-order valence-electron chi connectivity index (χ4n) is 4.44. The van der Waals surface area contributed by atoms with E-state index in [1.165, 1.54) is 5.56 Å². The van der Waals surface area contributed by atoms with E-state index < -0.39 is 0 Å². The number of amides is 2. The van der Waals surface area contributed by atoms with Gasteiger partial charge in [-0.15, -0.1) is 0 Å². The molecule has 2 aliphatic heterocycles. The van der Waals surface area contributed by atoms with Gasteiger partial charge in [-0.1, -0.05) is 12.1 Å². The van der Waals surface area contributed by atoms with E-state index >= 15 is 0 Å². The van der Waals surface area contributed by atoms with Crippen molar-refractivity contribution in [2.75, 3.05) is 38.2 Å². The second kappa shape index (κ2) is 8.59. The predicted molar refractivity (Wildman–Crippen MR) is 107 cm³/mol. The number of anilines is 1. The molecule has 152 valence electrons. The Balaban J connectivity index is 1.24. The van der Waals surface area contributed by atoms with Gasteiger partial charge in [-0.05, 0) is 43.4 Å². The van der Waals surface area contributed by atoms with E-state index in [2.05, 4.69) is 33.0 Å². The van der Waals surface area contributed by atoms with Crippen LogP contribution in [0.5, 0.6) is 0 Å². The Kier molecular flexibility index (Phi) is 5.94. The average Bonchev–Trinajstić information content (AvgIpc) is 2.68. The Hall–Kier alpha value is -1.96. The summed E-state index contributed by atoms with van der Waals surface area (Å²) in [6.45, 7) is 4.70. The third kappa shape index (κ3) is 4.54. The highest BCUT2D eigenvalue weighted by molar-refractivity contribution is 5.92. The van der Waals surface area contributed by atoms with Crippen molar-refractivity contribution in [2.24, 2.45) is 0 Å². The smallest absolute Gasteiger partial charge is 0.238 e. The van der Waals surface area contributed by atoms with Crippen LogP contribution in [0, 0.1) is 0 Å². The number of hydrogen-bond donors (Lipinski definition) is 3. The number of hydrogen-bond acceptors (Lipinski definition) is 5. The molecule has 1 atom stereocenters. The van der Waals surface area contributed by atoms with Crippen molar-refractivity contribution < 1.29 is 14.3 Å². The number of carbonyl (C=O) groups excluding carboxylic acids is 2.